The zero-order chi connectivity index (χ0) is 23.5. The number of halogens is 1. The second kappa shape index (κ2) is 9.95. The number of aryl methyl sites for hydroxylation is 1. The molecule has 2 aromatic heterocycles. The number of carbonyl (C=O) groups excluding carboxylic acids is 1. The predicted molar refractivity (Wildman–Crippen MR) is 136 cm³/mol. The van der Waals surface area contributed by atoms with E-state index in [1.54, 1.807) is 0 Å². The lowest BCUT2D eigenvalue weighted by Gasteiger charge is -2.36. The maximum Gasteiger partial charge on any atom is 0.261 e. The van der Waals surface area contributed by atoms with Gasteiger partial charge in [-0.15, -0.1) is 11.3 Å². The Hall–Kier alpha value is -3.23. The number of benzene rings is 2. The summed E-state index contributed by atoms with van der Waals surface area (Å²) in [4.78, 5) is 19.2. The van der Waals surface area contributed by atoms with Crippen LogP contribution in [0.3, 0.4) is 0 Å². The Kier molecular flexibility index (Phi) is 6.60. The van der Waals surface area contributed by atoms with Crippen LogP contribution in [0.1, 0.15) is 21.8 Å². The molecule has 1 fully saturated rings. The van der Waals surface area contributed by atoms with E-state index in [1.807, 2.05) is 60.1 Å². The molecule has 0 saturated carbocycles. The van der Waals surface area contributed by atoms with E-state index in [9.17, 15) is 9.18 Å². The number of aromatic nitrogens is 2. The quantitative estimate of drug-likeness (QED) is 0.399. The van der Waals surface area contributed by atoms with Gasteiger partial charge in [-0.25, -0.2) is 9.07 Å². The maximum absolute atomic E-state index is 13.1. The van der Waals surface area contributed by atoms with Crippen molar-refractivity contribution in [3.63, 3.8) is 0 Å². The minimum atomic E-state index is -0.201. The molecular formula is C26H28FN5OS. The highest BCUT2D eigenvalue weighted by molar-refractivity contribution is 7.20. The summed E-state index contributed by atoms with van der Waals surface area (Å²) >= 11 is 1.48. The molecule has 1 amide bonds. The molecule has 0 radical (unpaired) electrons. The van der Waals surface area contributed by atoms with Crippen LogP contribution in [-0.4, -0.2) is 59.9 Å². The van der Waals surface area contributed by atoms with Crippen molar-refractivity contribution in [1.29, 1.82) is 0 Å². The summed E-state index contributed by atoms with van der Waals surface area (Å²) in [5, 5.41) is 8.75. The van der Waals surface area contributed by atoms with Gasteiger partial charge in [-0.3, -0.25) is 9.69 Å². The van der Waals surface area contributed by atoms with Crippen molar-refractivity contribution in [2.75, 3.05) is 44.2 Å². The first-order chi connectivity index (χ1) is 16.6. The third-order valence-electron chi connectivity index (χ3n) is 6.27. The van der Waals surface area contributed by atoms with Crippen molar-refractivity contribution < 1.29 is 9.18 Å². The first-order valence-corrected chi connectivity index (χ1v) is 12.5. The molecule has 6 nitrogen and oxygen atoms in total. The van der Waals surface area contributed by atoms with E-state index in [0.717, 1.165) is 66.4 Å². The van der Waals surface area contributed by atoms with Gasteiger partial charge < -0.3 is 10.2 Å². The van der Waals surface area contributed by atoms with E-state index >= 15 is 0 Å². The summed E-state index contributed by atoms with van der Waals surface area (Å²) in [6.45, 7) is 7.37. The van der Waals surface area contributed by atoms with Crippen molar-refractivity contribution in [2.24, 2.45) is 0 Å². The molecule has 34 heavy (non-hydrogen) atoms. The highest BCUT2D eigenvalue weighted by atomic mass is 32.1. The van der Waals surface area contributed by atoms with Crippen LogP contribution < -0.4 is 10.2 Å². The monoisotopic (exact) mass is 477 g/mol. The first kappa shape index (κ1) is 22.6. The van der Waals surface area contributed by atoms with E-state index in [4.69, 9.17) is 0 Å². The van der Waals surface area contributed by atoms with E-state index in [0.29, 0.717) is 11.4 Å². The second-order valence-electron chi connectivity index (χ2n) is 8.58. The Morgan fingerprint density at radius 2 is 1.76 bits per heavy atom. The molecule has 0 bridgehead atoms. The number of carbonyl (C=O) groups is 1. The minimum Gasteiger partial charge on any atom is -0.369 e. The number of thiophene rings is 1. The van der Waals surface area contributed by atoms with Gasteiger partial charge in [0.1, 0.15) is 10.6 Å². The topological polar surface area (TPSA) is 53.4 Å². The molecule has 2 aromatic carbocycles. The van der Waals surface area contributed by atoms with Gasteiger partial charge in [-0.1, -0.05) is 18.2 Å². The van der Waals surface area contributed by atoms with Crippen LogP contribution in [0.4, 0.5) is 10.1 Å². The molecule has 1 saturated heterocycles. The Morgan fingerprint density at radius 1 is 1.03 bits per heavy atom. The molecule has 0 unspecified atom stereocenters. The summed E-state index contributed by atoms with van der Waals surface area (Å²) in [7, 11) is 0. The largest absolute Gasteiger partial charge is 0.369 e. The van der Waals surface area contributed by atoms with Crippen LogP contribution in [0.15, 0.2) is 60.7 Å². The average Bonchev–Trinajstić information content (AvgIpc) is 3.44. The van der Waals surface area contributed by atoms with E-state index < -0.39 is 0 Å². The Labute approximate surface area is 202 Å². The molecule has 0 aliphatic carbocycles. The minimum absolute atomic E-state index is 0.0265. The lowest BCUT2D eigenvalue weighted by atomic mass is 10.2. The fourth-order valence-electron chi connectivity index (χ4n) is 4.38. The number of hydrogen-bond acceptors (Lipinski definition) is 5. The van der Waals surface area contributed by atoms with Crippen molar-refractivity contribution in [1.82, 2.24) is 20.0 Å². The van der Waals surface area contributed by atoms with Crippen LogP contribution in [0.2, 0.25) is 0 Å². The zero-order valence-electron chi connectivity index (χ0n) is 19.2. The van der Waals surface area contributed by atoms with Gasteiger partial charge in [-0.05, 0) is 62.4 Å². The Bertz CT molecular complexity index is 1260. The number of piperazine rings is 1. The van der Waals surface area contributed by atoms with Gasteiger partial charge in [0.25, 0.3) is 5.91 Å². The third kappa shape index (κ3) is 4.83. The van der Waals surface area contributed by atoms with Gasteiger partial charge in [-0.2, -0.15) is 5.10 Å². The standard InChI is InChI=1S/C26H28FN5OS/c1-19-23-18-24(34-26(23)32(29-19)22-6-3-2-4-7-22)25(33)28-12-5-13-30-14-16-31(17-15-30)21-10-8-20(27)9-11-21/h2-4,6-11,18H,5,12-17H2,1H3,(H,28,33). The van der Waals surface area contributed by atoms with Crippen molar-refractivity contribution in [3.8, 4) is 5.69 Å². The van der Waals surface area contributed by atoms with Crippen LogP contribution in [-0.2, 0) is 0 Å². The number of nitrogens with one attached hydrogen (secondary N) is 1. The molecule has 0 atom stereocenters. The summed E-state index contributed by atoms with van der Waals surface area (Å²) in [6.07, 6.45) is 0.907. The van der Waals surface area contributed by atoms with Gasteiger partial charge in [0.15, 0.2) is 0 Å². The van der Waals surface area contributed by atoms with E-state index in [-0.39, 0.29) is 11.7 Å². The van der Waals surface area contributed by atoms with Gasteiger partial charge in [0.05, 0.1) is 16.3 Å². The zero-order valence-corrected chi connectivity index (χ0v) is 20.0. The van der Waals surface area contributed by atoms with Crippen LogP contribution in [0, 0.1) is 12.7 Å². The van der Waals surface area contributed by atoms with Gasteiger partial charge >= 0.3 is 0 Å². The molecule has 4 aromatic rings. The molecule has 1 aliphatic heterocycles. The third-order valence-corrected chi connectivity index (χ3v) is 7.38. The highest BCUT2D eigenvalue weighted by Crippen LogP contribution is 2.30. The highest BCUT2D eigenvalue weighted by Gasteiger charge is 2.18. The average molecular weight is 478 g/mol. The normalized spacial score (nSPS) is 14.6. The fourth-order valence-corrected chi connectivity index (χ4v) is 5.48. The Morgan fingerprint density at radius 3 is 2.50 bits per heavy atom. The van der Waals surface area contributed by atoms with Crippen molar-refractivity contribution >= 4 is 33.1 Å². The molecule has 176 valence electrons. The lowest BCUT2D eigenvalue weighted by Crippen LogP contribution is -2.47. The summed E-state index contributed by atoms with van der Waals surface area (Å²) in [5.41, 5.74) is 2.99. The molecule has 3 heterocycles. The van der Waals surface area contributed by atoms with E-state index in [2.05, 4.69) is 20.2 Å². The van der Waals surface area contributed by atoms with Gasteiger partial charge in [0.2, 0.25) is 0 Å². The molecule has 5 rings (SSSR count). The SMILES string of the molecule is Cc1nn(-c2ccccc2)c2sc(C(=O)NCCCN3CCN(c4ccc(F)cc4)CC3)cc12. The van der Waals surface area contributed by atoms with Crippen LogP contribution in [0.5, 0.6) is 0 Å². The maximum atomic E-state index is 13.1. The lowest BCUT2D eigenvalue weighted by molar-refractivity contribution is 0.0955. The number of para-hydroxylation sites is 1. The number of hydrogen-bond donors (Lipinski definition) is 1. The predicted octanol–water partition coefficient (Wildman–Crippen LogP) is 4.48. The second-order valence-corrected chi connectivity index (χ2v) is 9.61. The van der Waals surface area contributed by atoms with Gasteiger partial charge in [0, 0.05) is 43.8 Å². The number of fused-ring (bicyclic) bond motifs is 1. The number of nitrogens with zero attached hydrogens (tertiary/aromatic N) is 4. The summed E-state index contributed by atoms with van der Waals surface area (Å²) in [6, 6.07) is 18.7. The van der Waals surface area contributed by atoms with E-state index in [1.165, 1.54) is 23.5 Å². The summed E-state index contributed by atoms with van der Waals surface area (Å²) < 4.78 is 15.1. The number of anilines is 1. The Balaban J connectivity index is 1.11. The number of amides is 1. The van der Waals surface area contributed by atoms with Crippen molar-refractivity contribution in [2.45, 2.75) is 13.3 Å². The fraction of sp³-hybridized carbons (Fsp3) is 0.308. The molecule has 1 N–H and O–H groups in total. The summed E-state index contributed by atoms with van der Waals surface area (Å²) in [5.74, 6) is -0.227. The first-order valence-electron chi connectivity index (χ1n) is 11.6. The molecule has 0 spiro atoms. The van der Waals surface area contributed by atoms with Crippen LogP contribution >= 0.6 is 11.3 Å². The smallest absolute Gasteiger partial charge is 0.261 e. The van der Waals surface area contributed by atoms with Crippen LogP contribution in [0.25, 0.3) is 15.9 Å². The molecule has 8 heteroatoms. The number of rotatable bonds is 7. The van der Waals surface area contributed by atoms with Crippen molar-refractivity contribution in [3.05, 3.63) is 77.1 Å². The molecule has 1 aliphatic rings. The molecular weight excluding hydrogens is 449 g/mol.